The van der Waals surface area contributed by atoms with Crippen LogP contribution in [0.25, 0.3) is 0 Å². The van der Waals surface area contributed by atoms with E-state index in [9.17, 15) is 43.2 Å². The molecule has 0 aromatic heterocycles. The smallest absolute Gasteiger partial charge is 0.462 e. The van der Waals surface area contributed by atoms with Gasteiger partial charge in [-0.05, 0) is 37.5 Å². The first kappa shape index (κ1) is 89.1. The fraction of sp³-hybridized carbons (Fsp3) is 0.944. The number of hydrogen-bond donors (Lipinski definition) is 3. The predicted molar refractivity (Wildman–Crippen MR) is 368 cm³/mol. The largest absolute Gasteiger partial charge is 0.472 e. The monoisotopic (exact) mass is 1340 g/mol. The SMILES string of the molecule is CCCCCCCCCCCCCCCCCCCC(=O)O[C@H](COC(=O)CCCCCCCCCCCCC(C)CC)COP(=O)(O)OC[C@@H](O)COP(=O)(O)OC[C@@H](COC(=O)CCCCCCCCC(C)C)OC(=O)CCCCCCCCCCCCC. The summed E-state index contributed by atoms with van der Waals surface area (Å²) in [5.41, 5.74) is 0. The number of rotatable bonds is 71. The second-order valence-electron chi connectivity index (χ2n) is 26.7. The van der Waals surface area contributed by atoms with Gasteiger partial charge in [0.1, 0.15) is 19.3 Å². The van der Waals surface area contributed by atoms with E-state index < -0.39 is 97.5 Å². The summed E-state index contributed by atoms with van der Waals surface area (Å²) in [4.78, 5) is 72.6. The fourth-order valence-corrected chi connectivity index (χ4v) is 12.5. The summed E-state index contributed by atoms with van der Waals surface area (Å²) in [5, 5.41) is 10.6. The van der Waals surface area contributed by atoms with Gasteiger partial charge in [-0.25, -0.2) is 9.13 Å². The lowest BCUT2D eigenvalue weighted by molar-refractivity contribution is -0.161. The Morgan fingerprint density at radius 1 is 0.319 bits per heavy atom. The number of esters is 4. The quantitative estimate of drug-likeness (QED) is 0.0222. The van der Waals surface area contributed by atoms with Gasteiger partial charge in [-0.15, -0.1) is 0 Å². The van der Waals surface area contributed by atoms with Crippen molar-refractivity contribution in [3.63, 3.8) is 0 Å². The van der Waals surface area contributed by atoms with Crippen molar-refractivity contribution in [1.29, 1.82) is 0 Å². The average molecular weight is 1340 g/mol. The van der Waals surface area contributed by atoms with Crippen LogP contribution in [0.15, 0.2) is 0 Å². The standard InChI is InChI=1S/C72H140O17P2/c1-7-10-12-14-16-18-20-21-22-23-24-25-27-33-37-45-51-57-72(77)88-67(60-82-69(74)54-48-42-35-31-29-28-30-34-41-47-53-65(6)9-3)62-86-90(78,79)84-58-66(73)59-85-91(80,81)87-63-68(61-83-70(75)55-49-43-39-38-40-46-52-64(4)5)89-71(76)56-50-44-36-32-26-19-17-15-13-11-8-2/h64-68,73H,7-63H2,1-6H3,(H,78,79)(H,80,81)/t65?,66-,67-,68-/m1/s1. The minimum absolute atomic E-state index is 0.106. The lowest BCUT2D eigenvalue weighted by Gasteiger charge is -2.21. The summed E-state index contributed by atoms with van der Waals surface area (Å²) in [6.45, 7) is 9.51. The molecule has 0 heterocycles. The lowest BCUT2D eigenvalue weighted by Crippen LogP contribution is -2.30. The van der Waals surface area contributed by atoms with Crippen molar-refractivity contribution in [2.45, 2.75) is 387 Å². The molecule has 0 amide bonds. The number of unbranched alkanes of at least 4 members (excludes halogenated alkanes) is 40. The van der Waals surface area contributed by atoms with E-state index in [-0.39, 0.29) is 25.7 Å². The van der Waals surface area contributed by atoms with Gasteiger partial charge in [-0.1, -0.05) is 318 Å². The highest BCUT2D eigenvalue weighted by Gasteiger charge is 2.30. The van der Waals surface area contributed by atoms with Crippen molar-refractivity contribution in [3.8, 4) is 0 Å². The molecule has 0 aliphatic carbocycles. The van der Waals surface area contributed by atoms with E-state index in [4.69, 9.17) is 37.0 Å². The van der Waals surface area contributed by atoms with Crippen molar-refractivity contribution < 1.29 is 80.2 Å². The van der Waals surface area contributed by atoms with Crippen LogP contribution >= 0.6 is 15.6 Å². The highest BCUT2D eigenvalue weighted by molar-refractivity contribution is 7.47. The molecule has 540 valence electrons. The number of hydrogen-bond acceptors (Lipinski definition) is 15. The first-order valence-corrected chi connectivity index (χ1v) is 40.5. The van der Waals surface area contributed by atoms with E-state index in [1.54, 1.807) is 0 Å². The van der Waals surface area contributed by atoms with E-state index in [2.05, 4.69) is 41.5 Å². The molecule has 0 radical (unpaired) electrons. The predicted octanol–water partition coefficient (Wildman–Crippen LogP) is 20.8. The van der Waals surface area contributed by atoms with E-state index in [1.807, 2.05) is 0 Å². The number of aliphatic hydroxyl groups excluding tert-OH is 1. The first-order chi connectivity index (χ1) is 43.9. The van der Waals surface area contributed by atoms with Gasteiger partial charge in [0.05, 0.1) is 26.4 Å². The Balaban J connectivity index is 5.23. The number of carbonyl (C=O) groups is 4. The molecule has 0 aliphatic heterocycles. The lowest BCUT2D eigenvalue weighted by atomic mass is 9.99. The average Bonchev–Trinajstić information content (AvgIpc) is 3.55. The molecule has 0 fully saturated rings. The molecule has 0 saturated carbocycles. The number of phosphoric acid groups is 2. The van der Waals surface area contributed by atoms with Crippen LogP contribution in [0.1, 0.15) is 369 Å². The Bertz CT molecular complexity index is 1770. The molecule has 3 unspecified atom stereocenters. The molecule has 91 heavy (non-hydrogen) atoms. The van der Waals surface area contributed by atoms with Crippen LogP contribution in [0, 0.1) is 11.8 Å². The molecule has 0 aromatic rings. The molecule has 0 saturated heterocycles. The molecule has 3 N–H and O–H groups in total. The van der Waals surface area contributed by atoms with Crippen molar-refractivity contribution in [1.82, 2.24) is 0 Å². The van der Waals surface area contributed by atoms with Crippen molar-refractivity contribution in [2.24, 2.45) is 11.8 Å². The summed E-state index contributed by atoms with van der Waals surface area (Å²) in [6, 6.07) is 0. The molecule has 0 spiro atoms. The number of carbonyl (C=O) groups excluding carboxylic acids is 4. The van der Waals surface area contributed by atoms with Crippen LogP contribution in [0.3, 0.4) is 0 Å². The summed E-state index contributed by atoms with van der Waals surface area (Å²) >= 11 is 0. The number of phosphoric ester groups is 2. The Morgan fingerprint density at radius 2 is 0.560 bits per heavy atom. The molecule has 0 aromatic carbocycles. The second-order valence-corrected chi connectivity index (χ2v) is 29.6. The minimum Gasteiger partial charge on any atom is -0.462 e. The molecular formula is C72H140O17P2. The molecule has 6 atom stereocenters. The Morgan fingerprint density at radius 3 is 0.835 bits per heavy atom. The van der Waals surface area contributed by atoms with Gasteiger partial charge in [-0.3, -0.25) is 37.3 Å². The molecule has 0 aliphatic rings. The Hall–Kier alpha value is -1.94. The van der Waals surface area contributed by atoms with Crippen molar-refractivity contribution in [3.05, 3.63) is 0 Å². The van der Waals surface area contributed by atoms with Crippen LogP contribution in [-0.2, 0) is 65.4 Å². The van der Waals surface area contributed by atoms with Gasteiger partial charge in [0, 0.05) is 25.7 Å². The van der Waals surface area contributed by atoms with Crippen LogP contribution in [0.4, 0.5) is 0 Å². The van der Waals surface area contributed by atoms with E-state index in [1.165, 1.54) is 180 Å². The van der Waals surface area contributed by atoms with Crippen molar-refractivity contribution in [2.75, 3.05) is 39.6 Å². The van der Waals surface area contributed by atoms with Gasteiger partial charge in [-0.2, -0.15) is 0 Å². The maximum absolute atomic E-state index is 13.0. The molecular weight excluding hydrogens is 1200 g/mol. The van der Waals surface area contributed by atoms with E-state index in [0.29, 0.717) is 31.6 Å². The highest BCUT2D eigenvalue weighted by atomic mass is 31.2. The Labute approximate surface area is 556 Å². The maximum atomic E-state index is 13.0. The first-order valence-electron chi connectivity index (χ1n) is 37.5. The van der Waals surface area contributed by atoms with Crippen LogP contribution in [0.2, 0.25) is 0 Å². The van der Waals surface area contributed by atoms with Crippen LogP contribution < -0.4 is 0 Å². The summed E-state index contributed by atoms with van der Waals surface area (Å²) in [5.74, 6) is -0.633. The third kappa shape index (κ3) is 65.1. The zero-order chi connectivity index (χ0) is 67.2. The van der Waals surface area contributed by atoms with Crippen LogP contribution in [-0.4, -0.2) is 96.7 Å². The van der Waals surface area contributed by atoms with Gasteiger partial charge in [0.25, 0.3) is 0 Å². The van der Waals surface area contributed by atoms with Gasteiger partial charge >= 0.3 is 39.5 Å². The van der Waals surface area contributed by atoms with Crippen molar-refractivity contribution >= 4 is 39.5 Å². The summed E-state index contributed by atoms with van der Waals surface area (Å²) in [7, 11) is -9.90. The third-order valence-electron chi connectivity index (χ3n) is 17.1. The molecule has 19 heteroatoms. The highest BCUT2D eigenvalue weighted by Crippen LogP contribution is 2.45. The van der Waals surface area contributed by atoms with Gasteiger partial charge in [0.15, 0.2) is 12.2 Å². The zero-order valence-corrected chi connectivity index (χ0v) is 60.9. The van der Waals surface area contributed by atoms with Gasteiger partial charge < -0.3 is 33.8 Å². The third-order valence-corrected chi connectivity index (χ3v) is 19.0. The second kappa shape index (κ2) is 64.1. The topological polar surface area (TPSA) is 237 Å². The summed E-state index contributed by atoms with van der Waals surface area (Å²) in [6.07, 6.45) is 50.0. The summed E-state index contributed by atoms with van der Waals surface area (Å²) < 4.78 is 68.3. The van der Waals surface area contributed by atoms with Gasteiger partial charge in [0.2, 0.25) is 0 Å². The maximum Gasteiger partial charge on any atom is 0.472 e. The zero-order valence-electron chi connectivity index (χ0n) is 59.1. The molecule has 17 nitrogen and oxygen atoms in total. The number of aliphatic hydroxyl groups is 1. The van der Waals surface area contributed by atoms with E-state index >= 15 is 0 Å². The normalized spacial score (nSPS) is 14.4. The Kier molecular flexibility index (Phi) is 62.7. The fourth-order valence-electron chi connectivity index (χ4n) is 10.9. The van der Waals surface area contributed by atoms with E-state index in [0.717, 1.165) is 102 Å². The minimum atomic E-state index is -4.95. The molecule has 0 bridgehead atoms. The van der Waals surface area contributed by atoms with Crippen LogP contribution in [0.5, 0.6) is 0 Å². The molecule has 0 rings (SSSR count). The number of ether oxygens (including phenoxy) is 4.